The molecule has 26 heavy (non-hydrogen) atoms. The largest absolute Gasteiger partial charge is 0.393 e. The molecule has 5 N–H and O–H groups in total. The van der Waals surface area contributed by atoms with Gasteiger partial charge in [0.2, 0.25) is 0 Å². The number of hydrogen-bond acceptors (Lipinski definition) is 5. The lowest BCUT2D eigenvalue weighted by molar-refractivity contribution is -0.0364. The molecule has 5 unspecified atom stereocenters. The Morgan fingerprint density at radius 2 is 1.04 bits per heavy atom. The minimum atomic E-state index is -0.402. The lowest BCUT2D eigenvalue weighted by atomic mass is 9.79. The monoisotopic (exact) mass is 365 g/mol. The number of aliphatic hydroxyl groups excluding tert-OH is 2. The first kappa shape index (κ1) is 19.1. The topological polar surface area (TPSA) is 76.5 Å². The maximum absolute atomic E-state index is 10.6. The summed E-state index contributed by atoms with van der Waals surface area (Å²) in [4.78, 5) is 0. The molecule has 0 aromatic heterocycles. The first-order valence-electron chi connectivity index (χ1n) is 11.3. The molecule has 0 aromatic carbocycles. The van der Waals surface area contributed by atoms with E-state index < -0.39 is 6.10 Å². The molecule has 5 nitrogen and oxygen atoms in total. The van der Waals surface area contributed by atoms with E-state index in [4.69, 9.17) is 0 Å². The Hall–Kier alpha value is -0.200. The van der Waals surface area contributed by atoms with Gasteiger partial charge in [0.1, 0.15) is 0 Å². The molecule has 0 bridgehead atoms. The van der Waals surface area contributed by atoms with Gasteiger partial charge in [0.25, 0.3) is 0 Å². The molecule has 0 radical (unpaired) electrons. The SMILES string of the molecule is OC1CCC(C2NC(C3CCCCC3)NC(C3CCCCC3)N2)C(O)C1. The standard InChI is InChI=1S/C21H39N3O2/c25-16-11-12-17(18(26)13-16)21-23-19(14-7-3-1-4-8-14)22-20(24-21)15-9-5-2-6-10-15/h14-26H,1-13H2. The van der Waals surface area contributed by atoms with E-state index in [2.05, 4.69) is 16.0 Å². The Morgan fingerprint density at radius 3 is 1.54 bits per heavy atom. The van der Waals surface area contributed by atoms with Crippen LogP contribution in [0, 0.1) is 17.8 Å². The van der Waals surface area contributed by atoms with Crippen LogP contribution in [0.2, 0.25) is 0 Å². The third kappa shape index (κ3) is 4.44. The van der Waals surface area contributed by atoms with E-state index in [-0.39, 0.29) is 18.2 Å². The first-order valence-corrected chi connectivity index (χ1v) is 11.3. The van der Waals surface area contributed by atoms with Gasteiger partial charge < -0.3 is 10.2 Å². The normalized spacial score (nSPS) is 44.1. The third-order valence-corrected chi connectivity index (χ3v) is 7.59. The Balaban J connectivity index is 1.46. The molecule has 1 heterocycles. The van der Waals surface area contributed by atoms with Crippen molar-refractivity contribution in [2.75, 3.05) is 0 Å². The van der Waals surface area contributed by atoms with Crippen molar-refractivity contribution in [3.05, 3.63) is 0 Å². The van der Waals surface area contributed by atoms with Crippen LogP contribution in [0.25, 0.3) is 0 Å². The predicted octanol–water partition coefficient (Wildman–Crippen LogP) is 2.43. The minimum Gasteiger partial charge on any atom is -0.393 e. The number of hydrogen-bond donors (Lipinski definition) is 5. The van der Waals surface area contributed by atoms with E-state index in [1.165, 1.54) is 64.2 Å². The van der Waals surface area contributed by atoms with Gasteiger partial charge in [-0.25, -0.2) is 0 Å². The van der Waals surface area contributed by atoms with Crippen LogP contribution >= 0.6 is 0 Å². The molecule has 1 aliphatic heterocycles. The van der Waals surface area contributed by atoms with Gasteiger partial charge in [-0.2, -0.15) is 0 Å². The van der Waals surface area contributed by atoms with Gasteiger partial charge in [-0.1, -0.05) is 38.5 Å². The zero-order chi connectivity index (χ0) is 17.9. The molecule has 4 rings (SSSR count). The third-order valence-electron chi connectivity index (χ3n) is 7.59. The smallest absolute Gasteiger partial charge is 0.0649 e. The molecule has 0 amide bonds. The van der Waals surface area contributed by atoms with Gasteiger partial charge in [0, 0.05) is 5.92 Å². The first-order chi connectivity index (χ1) is 12.7. The van der Waals surface area contributed by atoms with Crippen LogP contribution in [0.4, 0.5) is 0 Å². The fourth-order valence-electron chi connectivity index (χ4n) is 5.99. The highest BCUT2D eigenvalue weighted by Crippen LogP contribution is 2.33. The van der Waals surface area contributed by atoms with Crippen molar-refractivity contribution in [2.45, 2.75) is 114 Å². The summed E-state index contributed by atoms with van der Waals surface area (Å²) < 4.78 is 0. The van der Waals surface area contributed by atoms with Crippen LogP contribution < -0.4 is 16.0 Å². The summed E-state index contributed by atoms with van der Waals surface area (Å²) in [5.41, 5.74) is 0. The van der Waals surface area contributed by atoms with E-state index in [0.717, 1.165) is 12.8 Å². The van der Waals surface area contributed by atoms with E-state index in [1.54, 1.807) is 0 Å². The summed E-state index contributed by atoms with van der Waals surface area (Å²) in [6.07, 6.45) is 15.9. The quantitative estimate of drug-likeness (QED) is 0.531. The van der Waals surface area contributed by atoms with E-state index in [9.17, 15) is 10.2 Å². The average molecular weight is 366 g/mol. The van der Waals surface area contributed by atoms with Crippen molar-refractivity contribution in [3.8, 4) is 0 Å². The summed E-state index contributed by atoms with van der Waals surface area (Å²) in [5, 5.41) is 32.1. The van der Waals surface area contributed by atoms with E-state index in [1.807, 2.05) is 0 Å². The molecule has 3 saturated carbocycles. The zero-order valence-electron chi connectivity index (χ0n) is 16.2. The van der Waals surface area contributed by atoms with Gasteiger partial charge in [-0.15, -0.1) is 0 Å². The van der Waals surface area contributed by atoms with Gasteiger partial charge >= 0.3 is 0 Å². The highest BCUT2D eigenvalue weighted by Gasteiger charge is 2.41. The molecule has 0 spiro atoms. The summed E-state index contributed by atoms with van der Waals surface area (Å²) in [6, 6.07) is 0. The molecular weight excluding hydrogens is 326 g/mol. The molecule has 4 fully saturated rings. The summed E-state index contributed by atoms with van der Waals surface area (Å²) >= 11 is 0. The number of rotatable bonds is 3. The Bertz CT molecular complexity index is 411. The van der Waals surface area contributed by atoms with Crippen molar-refractivity contribution in [3.63, 3.8) is 0 Å². The highest BCUT2D eigenvalue weighted by molar-refractivity contribution is 4.96. The minimum absolute atomic E-state index is 0.164. The van der Waals surface area contributed by atoms with Crippen molar-refractivity contribution in [1.82, 2.24) is 16.0 Å². The molecule has 5 heteroatoms. The number of aliphatic hydroxyl groups is 2. The molecule has 5 atom stereocenters. The van der Waals surface area contributed by atoms with Crippen molar-refractivity contribution < 1.29 is 10.2 Å². The maximum Gasteiger partial charge on any atom is 0.0649 e. The molecule has 0 aromatic rings. The lowest BCUT2D eigenvalue weighted by Crippen LogP contribution is -2.73. The summed E-state index contributed by atoms with van der Waals surface area (Å²) in [5.74, 6) is 1.63. The Labute approximate surface area is 158 Å². The maximum atomic E-state index is 10.6. The fraction of sp³-hybridized carbons (Fsp3) is 1.00. The van der Waals surface area contributed by atoms with Crippen LogP contribution in [0.3, 0.4) is 0 Å². The predicted molar refractivity (Wildman–Crippen MR) is 103 cm³/mol. The molecule has 1 saturated heterocycles. The lowest BCUT2D eigenvalue weighted by Gasteiger charge is -2.49. The van der Waals surface area contributed by atoms with Crippen molar-refractivity contribution >= 4 is 0 Å². The van der Waals surface area contributed by atoms with Crippen LogP contribution in [0.15, 0.2) is 0 Å². The van der Waals surface area contributed by atoms with Crippen molar-refractivity contribution in [2.24, 2.45) is 17.8 Å². The summed E-state index contributed by atoms with van der Waals surface area (Å²) in [7, 11) is 0. The van der Waals surface area contributed by atoms with Gasteiger partial charge in [0.15, 0.2) is 0 Å². The summed E-state index contributed by atoms with van der Waals surface area (Å²) in [6.45, 7) is 0. The second-order valence-corrected chi connectivity index (χ2v) is 9.43. The van der Waals surface area contributed by atoms with Gasteiger partial charge in [-0.05, 0) is 56.8 Å². The average Bonchev–Trinajstić information content (AvgIpc) is 2.69. The molecular formula is C21H39N3O2. The Morgan fingerprint density at radius 1 is 0.538 bits per heavy atom. The number of nitrogens with one attached hydrogen (secondary N) is 3. The second-order valence-electron chi connectivity index (χ2n) is 9.43. The van der Waals surface area contributed by atoms with E-state index in [0.29, 0.717) is 30.6 Å². The molecule has 4 aliphatic rings. The van der Waals surface area contributed by atoms with Crippen LogP contribution in [0.5, 0.6) is 0 Å². The highest BCUT2D eigenvalue weighted by atomic mass is 16.3. The van der Waals surface area contributed by atoms with Crippen LogP contribution in [0.1, 0.15) is 83.5 Å². The molecule has 3 aliphatic carbocycles. The zero-order valence-corrected chi connectivity index (χ0v) is 16.2. The van der Waals surface area contributed by atoms with Gasteiger partial charge in [0.05, 0.1) is 30.7 Å². The van der Waals surface area contributed by atoms with Crippen LogP contribution in [-0.2, 0) is 0 Å². The Kier molecular flexibility index (Phi) is 6.53. The molecule has 150 valence electrons. The van der Waals surface area contributed by atoms with Crippen molar-refractivity contribution in [1.29, 1.82) is 0 Å². The fourth-order valence-corrected chi connectivity index (χ4v) is 5.99. The van der Waals surface area contributed by atoms with Gasteiger partial charge in [-0.3, -0.25) is 16.0 Å². The van der Waals surface area contributed by atoms with E-state index >= 15 is 0 Å². The van der Waals surface area contributed by atoms with Crippen LogP contribution in [-0.4, -0.2) is 40.9 Å². The second kappa shape index (κ2) is 8.87.